The number of hydrogen-bond acceptors (Lipinski definition) is 3. The Labute approximate surface area is 126 Å². The summed E-state index contributed by atoms with van der Waals surface area (Å²) < 4.78 is 1.21. The summed E-state index contributed by atoms with van der Waals surface area (Å²) in [5.74, 6) is 0. The van der Waals surface area contributed by atoms with Crippen LogP contribution in [0.1, 0.15) is 0 Å². The molecule has 0 unspecified atom stereocenters. The highest BCUT2D eigenvalue weighted by atomic mass is 32.1. The Bertz CT molecular complexity index is 864. The van der Waals surface area contributed by atoms with Crippen LogP contribution in [0, 0.1) is 0 Å². The topological polar surface area (TPSA) is 25.8 Å². The lowest BCUT2D eigenvalue weighted by Gasteiger charge is -2.05. The second-order valence-electron chi connectivity index (χ2n) is 4.75. The molecule has 0 spiro atoms. The minimum Gasteiger partial charge on any atom is -0.256 e. The van der Waals surface area contributed by atoms with Gasteiger partial charge in [0.25, 0.3) is 0 Å². The monoisotopic (exact) mass is 288 g/mol. The average Bonchev–Trinajstić information content (AvgIpc) is 2.99. The number of nitrogens with zero attached hydrogens (tertiary/aromatic N) is 2. The molecule has 0 bridgehead atoms. The molecule has 0 saturated carbocycles. The maximum Gasteiger partial charge on any atom is 0.125 e. The molecular formula is C18H12N2S. The Morgan fingerprint density at radius 2 is 1.48 bits per heavy atom. The van der Waals surface area contributed by atoms with E-state index in [1.165, 1.54) is 4.70 Å². The van der Waals surface area contributed by atoms with E-state index in [0.717, 1.165) is 27.3 Å². The Morgan fingerprint density at radius 3 is 2.29 bits per heavy atom. The second kappa shape index (κ2) is 5.11. The summed E-state index contributed by atoms with van der Waals surface area (Å²) in [5, 5.41) is 1.04. The molecule has 4 aromatic rings. The van der Waals surface area contributed by atoms with Gasteiger partial charge in [0, 0.05) is 17.3 Å². The largest absolute Gasteiger partial charge is 0.256 e. The zero-order chi connectivity index (χ0) is 14.1. The first kappa shape index (κ1) is 12.2. The lowest BCUT2D eigenvalue weighted by Crippen LogP contribution is -1.86. The summed E-state index contributed by atoms with van der Waals surface area (Å²) in [6, 6.07) is 22.5. The van der Waals surface area contributed by atoms with Gasteiger partial charge < -0.3 is 0 Å². The summed E-state index contributed by atoms with van der Waals surface area (Å²) in [7, 11) is 0. The SMILES string of the molecule is c1ccc(-c2ccccc2-c2nc3ccccc3s2)nc1. The van der Waals surface area contributed by atoms with E-state index >= 15 is 0 Å². The van der Waals surface area contributed by atoms with Crippen molar-refractivity contribution in [3.05, 3.63) is 72.9 Å². The molecule has 0 radical (unpaired) electrons. The van der Waals surface area contributed by atoms with Crippen molar-refractivity contribution in [2.24, 2.45) is 0 Å². The minimum absolute atomic E-state index is 0.979. The number of aromatic nitrogens is 2. The van der Waals surface area contributed by atoms with Gasteiger partial charge in [0.2, 0.25) is 0 Å². The highest BCUT2D eigenvalue weighted by molar-refractivity contribution is 7.21. The van der Waals surface area contributed by atoms with Gasteiger partial charge in [0.05, 0.1) is 15.9 Å². The van der Waals surface area contributed by atoms with E-state index < -0.39 is 0 Å². The number of thiazole rings is 1. The second-order valence-corrected chi connectivity index (χ2v) is 5.78. The molecular weight excluding hydrogens is 276 g/mol. The average molecular weight is 288 g/mol. The van der Waals surface area contributed by atoms with Crippen LogP contribution >= 0.6 is 11.3 Å². The van der Waals surface area contributed by atoms with Crippen molar-refractivity contribution >= 4 is 21.6 Å². The molecule has 2 heterocycles. The standard InChI is InChI=1S/C18H12N2S/c1-2-8-14(13(7-1)15-9-5-6-12-19-15)18-20-16-10-3-4-11-17(16)21-18/h1-12H. The fraction of sp³-hybridized carbons (Fsp3) is 0. The first-order valence-electron chi connectivity index (χ1n) is 6.78. The molecule has 0 aliphatic rings. The molecule has 0 aliphatic heterocycles. The quantitative estimate of drug-likeness (QED) is 0.517. The van der Waals surface area contributed by atoms with Crippen LogP contribution in [0.2, 0.25) is 0 Å². The fourth-order valence-electron chi connectivity index (χ4n) is 2.40. The third-order valence-corrected chi connectivity index (χ3v) is 4.46. The van der Waals surface area contributed by atoms with Crippen LogP contribution in [0.4, 0.5) is 0 Å². The van der Waals surface area contributed by atoms with Gasteiger partial charge in [-0.25, -0.2) is 4.98 Å². The third kappa shape index (κ3) is 2.22. The Morgan fingerprint density at radius 1 is 0.714 bits per heavy atom. The first-order chi connectivity index (χ1) is 10.4. The van der Waals surface area contributed by atoms with Gasteiger partial charge in [-0.2, -0.15) is 0 Å². The number of benzene rings is 2. The predicted octanol–water partition coefficient (Wildman–Crippen LogP) is 5.03. The first-order valence-corrected chi connectivity index (χ1v) is 7.60. The lowest BCUT2D eigenvalue weighted by atomic mass is 10.0. The van der Waals surface area contributed by atoms with Gasteiger partial charge in [-0.15, -0.1) is 11.3 Å². The molecule has 21 heavy (non-hydrogen) atoms. The van der Waals surface area contributed by atoms with Crippen molar-refractivity contribution in [1.29, 1.82) is 0 Å². The normalized spacial score (nSPS) is 10.9. The Balaban J connectivity index is 1.93. The van der Waals surface area contributed by atoms with Crippen molar-refractivity contribution < 1.29 is 0 Å². The van der Waals surface area contributed by atoms with Gasteiger partial charge in [0.15, 0.2) is 0 Å². The van der Waals surface area contributed by atoms with Gasteiger partial charge in [-0.05, 0) is 24.3 Å². The number of pyridine rings is 1. The van der Waals surface area contributed by atoms with E-state index in [1.807, 2.05) is 42.6 Å². The van der Waals surface area contributed by atoms with Crippen LogP contribution in [-0.4, -0.2) is 9.97 Å². The number of para-hydroxylation sites is 1. The number of hydrogen-bond donors (Lipinski definition) is 0. The molecule has 4 rings (SSSR count). The third-order valence-electron chi connectivity index (χ3n) is 3.39. The maximum atomic E-state index is 4.76. The van der Waals surface area contributed by atoms with E-state index in [0.29, 0.717) is 0 Å². The molecule has 0 N–H and O–H groups in total. The van der Waals surface area contributed by atoms with Crippen molar-refractivity contribution in [1.82, 2.24) is 9.97 Å². The molecule has 0 saturated heterocycles. The van der Waals surface area contributed by atoms with Crippen molar-refractivity contribution in [3.8, 4) is 21.8 Å². The zero-order valence-corrected chi connectivity index (χ0v) is 12.0. The van der Waals surface area contributed by atoms with Crippen LogP contribution in [0.25, 0.3) is 32.0 Å². The summed E-state index contributed by atoms with van der Waals surface area (Å²) >= 11 is 1.72. The van der Waals surface area contributed by atoms with E-state index in [1.54, 1.807) is 11.3 Å². The smallest absolute Gasteiger partial charge is 0.125 e. The molecule has 2 nitrogen and oxygen atoms in total. The van der Waals surface area contributed by atoms with Gasteiger partial charge >= 0.3 is 0 Å². The minimum atomic E-state index is 0.979. The molecule has 100 valence electrons. The van der Waals surface area contributed by atoms with E-state index in [9.17, 15) is 0 Å². The van der Waals surface area contributed by atoms with E-state index in [2.05, 4.69) is 35.3 Å². The molecule has 0 amide bonds. The van der Waals surface area contributed by atoms with Crippen molar-refractivity contribution in [3.63, 3.8) is 0 Å². The summed E-state index contributed by atoms with van der Waals surface area (Å²) in [6.45, 7) is 0. The zero-order valence-electron chi connectivity index (χ0n) is 11.2. The highest BCUT2D eigenvalue weighted by Crippen LogP contribution is 2.35. The Hall–Kier alpha value is -2.52. The number of rotatable bonds is 2. The Kier molecular flexibility index (Phi) is 2.98. The van der Waals surface area contributed by atoms with Crippen LogP contribution in [0.3, 0.4) is 0 Å². The van der Waals surface area contributed by atoms with Gasteiger partial charge in [-0.3, -0.25) is 4.98 Å². The van der Waals surface area contributed by atoms with Gasteiger partial charge in [0.1, 0.15) is 5.01 Å². The van der Waals surface area contributed by atoms with Crippen LogP contribution < -0.4 is 0 Å². The summed E-state index contributed by atoms with van der Waals surface area (Å²) in [5.41, 5.74) is 4.29. The van der Waals surface area contributed by atoms with Crippen molar-refractivity contribution in [2.75, 3.05) is 0 Å². The summed E-state index contributed by atoms with van der Waals surface area (Å²) in [4.78, 5) is 9.23. The van der Waals surface area contributed by atoms with Crippen LogP contribution in [0.15, 0.2) is 72.9 Å². The molecule has 3 heteroatoms. The molecule has 2 aromatic heterocycles. The van der Waals surface area contributed by atoms with Crippen LogP contribution in [0.5, 0.6) is 0 Å². The maximum absolute atomic E-state index is 4.76. The predicted molar refractivity (Wildman–Crippen MR) is 88.3 cm³/mol. The molecule has 0 fully saturated rings. The van der Waals surface area contributed by atoms with Crippen LogP contribution in [-0.2, 0) is 0 Å². The summed E-state index contributed by atoms with van der Waals surface area (Å²) in [6.07, 6.45) is 1.82. The fourth-order valence-corrected chi connectivity index (χ4v) is 3.41. The highest BCUT2D eigenvalue weighted by Gasteiger charge is 2.11. The van der Waals surface area contributed by atoms with E-state index in [4.69, 9.17) is 4.98 Å². The van der Waals surface area contributed by atoms with E-state index in [-0.39, 0.29) is 0 Å². The number of fused-ring (bicyclic) bond motifs is 1. The molecule has 2 aromatic carbocycles. The molecule has 0 aliphatic carbocycles. The lowest BCUT2D eigenvalue weighted by molar-refractivity contribution is 1.32. The van der Waals surface area contributed by atoms with Gasteiger partial charge in [-0.1, -0.05) is 42.5 Å². The molecule has 0 atom stereocenters. The van der Waals surface area contributed by atoms with Crippen molar-refractivity contribution in [2.45, 2.75) is 0 Å².